The fraction of sp³-hybridized carbons (Fsp3) is 0.364. The van der Waals surface area contributed by atoms with Gasteiger partial charge in [-0.1, -0.05) is 15.9 Å². The zero-order valence-electron chi connectivity index (χ0n) is 8.72. The van der Waals surface area contributed by atoms with E-state index in [4.69, 9.17) is 10.00 Å². The molecule has 0 amide bonds. The Hall–Kier alpha value is -1.22. The number of alkyl halides is 4. The number of hydrogen-bond donors (Lipinski definition) is 0. The molecule has 0 bridgehead atoms. The van der Waals surface area contributed by atoms with E-state index in [1.165, 1.54) is 12.1 Å². The summed E-state index contributed by atoms with van der Waals surface area (Å²) in [4.78, 5) is 0. The first kappa shape index (κ1) is 13.8. The molecule has 0 fully saturated rings. The number of halogens is 4. The van der Waals surface area contributed by atoms with Gasteiger partial charge in [0.05, 0.1) is 23.8 Å². The molecule has 0 spiro atoms. The Labute approximate surface area is 105 Å². The normalized spacial score (nSPS) is 11.0. The maximum atomic E-state index is 12.7. The van der Waals surface area contributed by atoms with Crippen LogP contribution in [-0.4, -0.2) is 11.9 Å². The lowest BCUT2D eigenvalue weighted by Crippen LogP contribution is -2.10. The number of rotatable bonds is 4. The van der Waals surface area contributed by atoms with E-state index in [-0.39, 0.29) is 17.9 Å². The molecule has 0 unspecified atom stereocenters. The van der Waals surface area contributed by atoms with Gasteiger partial charge < -0.3 is 4.74 Å². The van der Waals surface area contributed by atoms with Crippen LogP contribution in [0.4, 0.5) is 13.2 Å². The van der Waals surface area contributed by atoms with Crippen molar-refractivity contribution in [3.8, 4) is 11.8 Å². The molecule has 0 aliphatic rings. The van der Waals surface area contributed by atoms with Crippen LogP contribution >= 0.6 is 15.9 Å². The zero-order chi connectivity index (χ0) is 12.9. The zero-order valence-corrected chi connectivity index (χ0v) is 10.3. The predicted molar refractivity (Wildman–Crippen MR) is 60.1 cm³/mol. The molecule has 2 nitrogen and oxygen atoms in total. The number of ether oxygens (including phenoxy) is 1. The van der Waals surface area contributed by atoms with E-state index in [0.29, 0.717) is 11.8 Å². The van der Waals surface area contributed by atoms with Crippen molar-refractivity contribution in [3.05, 3.63) is 29.3 Å². The number of nitriles is 1. The molecule has 92 valence electrons. The van der Waals surface area contributed by atoms with Crippen LogP contribution in [0.2, 0.25) is 0 Å². The minimum atomic E-state index is -4.52. The Morgan fingerprint density at radius 2 is 2.06 bits per heavy atom. The van der Waals surface area contributed by atoms with E-state index in [1.807, 2.05) is 0 Å². The van der Waals surface area contributed by atoms with Crippen LogP contribution in [0.3, 0.4) is 0 Å². The second kappa shape index (κ2) is 5.92. The van der Waals surface area contributed by atoms with Crippen LogP contribution in [0, 0.1) is 11.3 Å². The standard InChI is InChI=1S/C11H9BrF3NO/c12-4-1-5-17-10-3-2-8(7-16)6-9(10)11(13,14)15/h2-3,6H,1,4-5H2. The lowest BCUT2D eigenvalue weighted by Gasteiger charge is -2.13. The molecule has 1 aromatic rings. The van der Waals surface area contributed by atoms with Crippen LogP contribution in [0.5, 0.6) is 5.75 Å². The molecule has 0 heterocycles. The summed E-state index contributed by atoms with van der Waals surface area (Å²) in [5.74, 6) is -0.238. The minimum Gasteiger partial charge on any atom is -0.493 e. The molecule has 0 atom stereocenters. The lowest BCUT2D eigenvalue weighted by atomic mass is 10.1. The first-order valence-electron chi connectivity index (χ1n) is 4.79. The molecule has 0 aromatic heterocycles. The van der Waals surface area contributed by atoms with Gasteiger partial charge >= 0.3 is 6.18 Å². The highest BCUT2D eigenvalue weighted by molar-refractivity contribution is 9.09. The van der Waals surface area contributed by atoms with Crippen LogP contribution in [0.15, 0.2) is 18.2 Å². The Bertz CT molecular complexity index is 426. The van der Waals surface area contributed by atoms with E-state index in [0.717, 1.165) is 6.07 Å². The Balaban J connectivity index is 3.00. The summed E-state index contributed by atoms with van der Waals surface area (Å²) in [6.45, 7) is 0.195. The Morgan fingerprint density at radius 1 is 1.35 bits per heavy atom. The van der Waals surface area contributed by atoms with Gasteiger partial charge in [-0.25, -0.2) is 0 Å². The monoisotopic (exact) mass is 307 g/mol. The van der Waals surface area contributed by atoms with Crippen LogP contribution in [-0.2, 0) is 6.18 Å². The van der Waals surface area contributed by atoms with Gasteiger partial charge in [-0.2, -0.15) is 18.4 Å². The number of hydrogen-bond acceptors (Lipinski definition) is 2. The predicted octanol–water partition coefficient (Wildman–Crippen LogP) is 3.74. The molecule has 6 heteroatoms. The minimum absolute atomic E-state index is 0.0369. The summed E-state index contributed by atoms with van der Waals surface area (Å²) < 4.78 is 43.1. The van der Waals surface area contributed by atoms with Crippen molar-refractivity contribution < 1.29 is 17.9 Å². The third-order valence-electron chi connectivity index (χ3n) is 1.95. The molecule has 1 aromatic carbocycles. The topological polar surface area (TPSA) is 33.0 Å². The molecule has 0 aliphatic carbocycles. The van der Waals surface area contributed by atoms with Crippen molar-refractivity contribution in [2.75, 3.05) is 11.9 Å². The second-order valence-electron chi connectivity index (χ2n) is 3.21. The first-order valence-corrected chi connectivity index (χ1v) is 5.91. The second-order valence-corrected chi connectivity index (χ2v) is 4.00. The molecular weight excluding hydrogens is 299 g/mol. The summed E-state index contributed by atoms with van der Waals surface area (Å²) in [6, 6.07) is 4.95. The van der Waals surface area contributed by atoms with Gasteiger partial charge in [-0.05, 0) is 24.6 Å². The van der Waals surface area contributed by atoms with Crippen LogP contribution in [0.1, 0.15) is 17.5 Å². The summed E-state index contributed by atoms with van der Waals surface area (Å²) >= 11 is 3.16. The van der Waals surface area contributed by atoms with Crippen molar-refractivity contribution in [1.29, 1.82) is 5.26 Å². The van der Waals surface area contributed by atoms with Crippen LogP contribution < -0.4 is 4.74 Å². The summed E-state index contributed by atoms with van der Waals surface area (Å²) in [5, 5.41) is 9.23. The van der Waals surface area contributed by atoms with E-state index >= 15 is 0 Å². The molecule has 0 saturated carbocycles. The fourth-order valence-corrected chi connectivity index (χ4v) is 1.41. The molecule has 0 radical (unpaired) electrons. The van der Waals surface area contributed by atoms with Crippen molar-refractivity contribution in [3.63, 3.8) is 0 Å². The fourth-order valence-electron chi connectivity index (χ4n) is 1.18. The van der Waals surface area contributed by atoms with Crippen molar-refractivity contribution in [2.45, 2.75) is 12.6 Å². The van der Waals surface area contributed by atoms with E-state index in [9.17, 15) is 13.2 Å². The van der Waals surface area contributed by atoms with Gasteiger partial charge in [0.1, 0.15) is 5.75 Å². The average Bonchev–Trinajstić information content (AvgIpc) is 2.28. The molecule has 17 heavy (non-hydrogen) atoms. The van der Waals surface area contributed by atoms with Crippen molar-refractivity contribution in [2.24, 2.45) is 0 Å². The van der Waals surface area contributed by atoms with E-state index in [1.54, 1.807) is 6.07 Å². The third kappa shape index (κ3) is 3.93. The largest absolute Gasteiger partial charge is 0.493 e. The number of benzene rings is 1. The van der Waals surface area contributed by atoms with Crippen LogP contribution in [0.25, 0.3) is 0 Å². The quantitative estimate of drug-likeness (QED) is 0.627. The first-order chi connectivity index (χ1) is 7.99. The Kier molecular flexibility index (Phi) is 4.82. The van der Waals surface area contributed by atoms with E-state index < -0.39 is 11.7 Å². The highest BCUT2D eigenvalue weighted by Crippen LogP contribution is 2.36. The highest BCUT2D eigenvalue weighted by atomic mass is 79.9. The van der Waals surface area contributed by atoms with E-state index in [2.05, 4.69) is 15.9 Å². The molecule has 0 N–H and O–H groups in total. The molecular formula is C11H9BrF3NO. The summed E-state index contributed by atoms with van der Waals surface area (Å²) in [5.41, 5.74) is -0.948. The highest BCUT2D eigenvalue weighted by Gasteiger charge is 2.34. The maximum absolute atomic E-state index is 12.7. The van der Waals surface area contributed by atoms with Gasteiger partial charge in [0.15, 0.2) is 0 Å². The van der Waals surface area contributed by atoms with Gasteiger partial charge in [0.25, 0.3) is 0 Å². The SMILES string of the molecule is N#Cc1ccc(OCCCBr)c(C(F)(F)F)c1. The lowest BCUT2D eigenvalue weighted by molar-refractivity contribution is -0.139. The van der Waals surface area contributed by atoms with Gasteiger partial charge in [0.2, 0.25) is 0 Å². The van der Waals surface area contributed by atoms with Crippen molar-refractivity contribution in [1.82, 2.24) is 0 Å². The number of nitrogens with zero attached hydrogens (tertiary/aromatic N) is 1. The molecule has 0 aliphatic heterocycles. The smallest absolute Gasteiger partial charge is 0.420 e. The Morgan fingerprint density at radius 3 is 2.59 bits per heavy atom. The third-order valence-corrected chi connectivity index (χ3v) is 2.51. The average molecular weight is 308 g/mol. The van der Waals surface area contributed by atoms with Gasteiger partial charge in [0, 0.05) is 5.33 Å². The summed E-state index contributed by atoms with van der Waals surface area (Å²) in [6.07, 6.45) is -3.91. The van der Waals surface area contributed by atoms with Crippen molar-refractivity contribution >= 4 is 15.9 Å². The van der Waals surface area contributed by atoms with Gasteiger partial charge in [-0.15, -0.1) is 0 Å². The maximum Gasteiger partial charge on any atom is 0.420 e. The van der Waals surface area contributed by atoms with Gasteiger partial charge in [-0.3, -0.25) is 0 Å². The summed E-state index contributed by atoms with van der Waals surface area (Å²) in [7, 11) is 0. The molecule has 0 saturated heterocycles. The molecule has 1 rings (SSSR count).